The summed E-state index contributed by atoms with van der Waals surface area (Å²) in [6.45, 7) is 8.77. The van der Waals surface area contributed by atoms with E-state index in [1.165, 1.54) is 12.1 Å². The first-order chi connectivity index (χ1) is 14.8. The van der Waals surface area contributed by atoms with Crippen LogP contribution in [0.1, 0.15) is 43.9 Å². The highest BCUT2D eigenvalue weighted by Gasteiger charge is 2.50. The van der Waals surface area contributed by atoms with Crippen molar-refractivity contribution < 1.29 is 18.0 Å². The van der Waals surface area contributed by atoms with E-state index in [1.54, 1.807) is 6.07 Å². The fraction of sp³-hybridized carbons (Fsp3) is 0.458. The molecule has 2 aromatic carbocycles. The Morgan fingerprint density at radius 1 is 0.968 bits per heavy atom. The molecule has 0 aromatic heterocycles. The Balaban J connectivity index is 2.04. The summed E-state index contributed by atoms with van der Waals surface area (Å²) in [7, 11) is 0. The second-order valence-corrected chi connectivity index (χ2v) is 7.77. The van der Waals surface area contributed by atoms with Crippen molar-refractivity contribution in [2.75, 3.05) is 26.2 Å². The van der Waals surface area contributed by atoms with Gasteiger partial charge < -0.3 is 0 Å². The van der Waals surface area contributed by atoms with Gasteiger partial charge in [-0.05, 0) is 23.6 Å². The summed E-state index contributed by atoms with van der Waals surface area (Å²) in [6.07, 6.45) is -3.87. The maximum Gasteiger partial charge on any atom is 0.416 e. The second-order valence-electron chi connectivity index (χ2n) is 7.77. The van der Waals surface area contributed by atoms with E-state index in [0.29, 0.717) is 38.2 Å². The van der Waals surface area contributed by atoms with Crippen LogP contribution in [-0.2, 0) is 23.1 Å². The van der Waals surface area contributed by atoms with Gasteiger partial charge in [-0.15, -0.1) is 0 Å². The Morgan fingerprint density at radius 3 is 2.23 bits per heavy atom. The normalized spacial score (nSPS) is 20.5. The van der Waals surface area contributed by atoms with Gasteiger partial charge in [0.15, 0.2) is 0 Å². The molecule has 4 nitrogen and oxygen atoms in total. The minimum Gasteiger partial charge on any atom is -0.280 e. The third-order valence-corrected chi connectivity index (χ3v) is 6.17. The predicted octanol–water partition coefficient (Wildman–Crippen LogP) is 4.91. The summed E-state index contributed by atoms with van der Waals surface area (Å²) in [4.78, 5) is 16.0. The lowest BCUT2D eigenvalue weighted by atomic mass is 9.82. The van der Waals surface area contributed by atoms with Crippen LogP contribution in [0.2, 0.25) is 0 Å². The summed E-state index contributed by atoms with van der Waals surface area (Å²) in [5.41, 5.74) is -0.185. The van der Waals surface area contributed by atoms with Crippen molar-refractivity contribution in [3.05, 3.63) is 71.3 Å². The van der Waals surface area contributed by atoms with Gasteiger partial charge in [0.05, 0.1) is 12.1 Å². The first kappa shape index (κ1) is 23.3. The van der Waals surface area contributed by atoms with Gasteiger partial charge in [0, 0.05) is 26.2 Å². The summed E-state index contributed by atoms with van der Waals surface area (Å²) in [6, 6.07) is 15.0. The molecular formula is C24H30F3N3O. The van der Waals surface area contributed by atoms with Crippen molar-refractivity contribution >= 4 is 5.91 Å². The monoisotopic (exact) mass is 433 g/mol. The van der Waals surface area contributed by atoms with E-state index in [9.17, 15) is 18.0 Å². The Labute approximate surface area is 182 Å². The minimum absolute atomic E-state index is 0.0249. The van der Waals surface area contributed by atoms with Gasteiger partial charge in [-0.25, -0.2) is 5.01 Å². The number of carbonyl (C=O) groups is 1. The largest absolute Gasteiger partial charge is 0.416 e. The highest BCUT2D eigenvalue weighted by molar-refractivity contribution is 5.88. The molecule has 1 unspecified atom stereocenters. The third kappa shape index (κ3) is 4.48. The van der Waals surface area contributed by atoms with Gasteiger partial charge in [-0.1, -0.05) is 69.3 Å². The Morgan fingerprint density at radius 2 is 1.65 bits per heavy atom. The molecule has 168 valence electrons. The molecule has 1 fully saturated rings. The van der Waals surface area contributed by atoms with Crippen LogP contribution < -0.4 is 0 Å². The molecule has 1 aliphatic heterocycles. The van der Waals surface area contributed by atoms with E-state index >= 15 is 0 Å². The average molecular weight is 434 g/mol. The lowest BCUT2D eigenvalue weighted by Gasteiger charge is -2.52. The number of carbonyl (C=O) groups excluding carboxylic acids is 1. The van der Waals surface area contributed by atoms with Gasteiger partial charge in [0.25, 0.3) is 5.91 Å². The molecule has 0 N–H and O–H groups in total. The zero-order valence-corrected chi connectivity index (χ0v) is 18.3. The fourth-order valence-electron chi connectivity index (χ4n) is 4.57. The molecule has 2 aromatic rings. The SMILES string of the molecule is CCN(CC)N1CCN(Cc2cccc(C(F)(F)F)c2)C(CC)(c2ccccc2)C1=O. The molecule has 1 aliphatic rings. The standard InChI is InChI=1S/C24H30F3N3O/c1-4-23(20-12-8-7-9-13-20)22(31)30(29(5-2)6-3)16-15-28(23)18-19-11-10-14-21(17-19)24(25,26)27/h7-14,17H,4-6,15-16,18H2,1-3H3. The number of halogens is 3. The van der Waals surface area contributed by atoms with Crippen LogP contribution in [0.3, 0.4) is 0 Å². The van der Waals surface area contributed by atoms with Gasteiger partial charge >= 0.3 is 6.18 Å². The zero-order chi connectivity index (χ0) is 22.6. The maximum atomic E-state index is 13.9. The third-order valence-electron chi connectivity index (χ3n) is 6.17. The number of hydrogen-bond donors (Lipinski definition) is 0. The summed E-state index contributed by atoms with van der Waals surface area (Å²) < 4.78 is 39.7. The van der Waals surface area contributed by atoms with Crippen LogP contribution in [0.15, 0.2) is 54.6 Å². The summed E-state index contributed by atoms with van der Waals surface area (Å²) in [5, 5.41) is 3.84. The van der Waals surface area contributed by atoms with Crippen LogP contribution >= 0.6 is 0 Å². The van der Waals surface area contributed by atoms with E-state index < -0.39 is 17.3 Å². The van der Waals surface area contributed by atoms with Crippen LogP contribution in [0.5, 0.6) is 0 Å². The number of rotatable bonds is 7. The number of hydrogen-bond acceptors (Lipinski definition) is 3. The van der Waals surface area contributed by atoms with Crippen LogP contribution in [-0.4, -0.2) is 47.0 Å². The summed E-state index contributed by atoms with van der Waals surface area (Å²) >= 11 is 0. The molecule has 0 spiro atoms. The zero-order valence-electron chi connectivity index (χ0n) is 18.3. The number of benzene rings is 2. The molecule has 1 amide bonds. The number of hydrazine groups is 1. The van der Waals surface area contributed by atoms with E-state index in [2.05, 4.69) is 0 Å². The van der Waals surface area contributed by atoms with Gasteiger partial charge in [-0.2, -0.15) is 13.2 Å². The number of nitrogens with zero attached hydrogens (tertiary/aromatic N) is 3. The Bertz CT molecular complexity index is 883. The molecule has 7 heteroatoms. The molecular weight excluding hydrogens is 403 g/mol. The van der Waals surface area contributed by atoms with E-state index in [1.807, 2.05) is 66.0 Å². The fourth-order valence-corrected chi connectivity index (χ4v) is 4.57. The minimum atomic E-state index is -4.39. The molecule has 0 aliphatic carbocycles. The van der Waals surface area contributed by atoms with Crippen LogP contribution in [0.25, 0.3) is 0 Å². The average Bonchev–Trinajstić information content (AvgIpc) is 2.77. The topological polar surface area (TPSA) is 26.8 Å². The predicted molar refractivity (Wildman–Crippen MR) is 115 cm³/mol. The first-order valence-corrected chi connectivity index (χ1v) is 10.8. The summed E-state index contributed by atoms with van der Waals surface area (Å²) in [5.74, 6) is -0.0249. The van der Waals surface area contributed by atoms with Crippen molar-refractivity contribution in [1.82, 2.24) is 14.9 Å². The molecule has 31 heavy (non-hydrogen) atoms. The van der Waals surface area contributed by atoms with Crippen molar-refractivity contribution in [3.63, 3.8) is 0 Å². The number of piperazine rings is 1. The smallest absolute Gasteiger partial charge is 0.280 e. The van der Waals surface area contributed by atoms with Crippen molar-refractivity contribution in [2.45, 2.75) is 45.5 Å². The molecule has 0 bridgehead atoms. The first-order valence-electron chi connectivity index (χ1n) is 10.8. The Kier molecular flexibility index (Phi) is 7.06. The highest BCUT2D eigenvalue weighted by Crippen LogP contribution is 2.39. The lowest BCUT2D eigenvalue weighted by Crippen LogP contribution is -2.66. The van der Waals surface area contributed by atoms with E-state index in [4.69, 9.17) is 0 Å². The van der Waals surface area contributed by atoms with Crippen LogP contribution in [0.4, 0.5) is 13.2 Å². The van der Waals surface area contributed by atoms with E-state index in [0.717, 1.165) is 11.6 Å². The van der Waals surface area contributed by atoms with Gasteiger partial charge in [0.2, 0.25) is 0 Å². The highest BCUT2D eigenvalue weighted by atomic mass is 19.4. The second kappa shape index (κ2) is 9.40. The maximum absolute atomic E-state index is 13.9. The lowest BCUT2D eigenvalue weighted by molar-refractivity contribution is -0.176. The molecule has 0 saturated carbocycles. The van der Waals surface area contributed by atoms with E-state index in [-0.39, 0.29) is 12.5 Å². The number of alkyl halides is 3. The molecule has 1 atom stereocenters. The van der Waals surface area contributed by atoms with Crippen molar-refractivity contribution in [3.8, 4) is 0 Å². The molecule has 1 saturated heterocycles. The van der Waals surface area contributed by atoms with Crippen molar-refractivity contribution in [1.29, 1.82) is 0 Å². The molecule has 0 radical (unpaired) electrons. The van der Waals surface area contributed by atoms with Crippen molar-refractivity contribution in [2.24, 2.45) is 0 Å². The Hall–Kier alpha value is -2.38. The quantitative estimate of drug-likeness (QED) is 0.621. The van der Waals surface area contributed by atoms with Gasteiger partial charge in [-0.3, -0.25) is 14.7 Å². The number of amides is 1. The van der Waals surface area contributed by atoms with Crippen LogP contribution in [0, 0.1) is 0 Å². The molecule has 1 heterocycles. The van der Waals surface area contributed by atoms with Gasteiger partial charge in [0.1, 0.15) is 5.54 Å². The molecule has 3 rings (SSSR count).